The van der Waals surface area contributed by atoms with Crippen LogP contribution >= 0.6 is 24.0 Å². The molecule has 7 heteroatoms. The lowest BCUT2D eigenvalue weighted by atomic mass is 10.1. The number of hydrogen-bond acceptors (Lipinski definition) is 4. The molecule has 0 saturated carbocycles. The van der Waals surface area contributed by atoms with E-state index in [1.807, 2.05) is 12.1 Å². The number of hydrogen-bond donors (Lipinski definition) is 1. The third-order valence-electron chi connectivity index (χ3n) is 5.33. The van der Waals surface area contributed by atoms with Gasteiger partial charge in [-0.2, -0.15) is 0 Å². The predicted octanol–water partition coefficient (Wildman–Crippen LogP) is 4.61. The van der Waals surface area contributed by atoms with Crippen LogP contribution < -0.4 is 10.1 Å². The first kappa shape index (κ1) is 26.4. The van der Waals surface area contributed by atoms with Crippen LogP contribution in [-0.2, 0) is 29.2 Å². The minimum absolute atomic E-state index is 0. The summed E-state index contributed by atoms with van der Waals surface area (Å²) in [5.41, 5.74) is 3.58. The van der Waals surface area contributed by atoms with Gasteiger partial charge >= 0.3 is 0 Å². The lowest BCUT2D eigenvalue weighted by Gasteiger charge is -2.23. The molecule has 2 aromatic carbocycles. The number of guanidine groups is 1. The molecule has 3 rings (SSSR count). The molecule has 0 radical (unpaired) electrons. The van der Waals surface area contributed by atoms with Crippen LogP contribution in [0.1, 0.15) is 36.5 Å². The van der Waals surface area contributed by atoms with E-state index in [9.17, 15) is 0 Å². The standard InChI is InChI=1S/C25H35N3O3.HI/c1-4-26-25(28(2)18-20-8-10-23(29-3)11-9-20)27-17-21-6-5-7-22(16-21)19-31-24-12-14-30-15-13-24;/h5-11,16,24H,4,12-15,17-19H2,1-3H3,(H,26,27);1H. The highest BCUT2D eigenvalue weighted by atomic mass is 127. The van der Waals surface area contributed by atoms with Crippen LogP contribution in [0, 0.1) is 0 Å². The zero-order valence-electron chi connectivity index (χ0n) is 19.4. The van der Waals surface area contributed by atoms with E-state index in [1.165, 1.54) is 16.7 Å². The Balaban J connectivity index is 0.00000363. The number of benzene rings is 2. The molecule has 32 heavy (non-hydrogen) atoms. The van der Waals surface area contributed by atoms with Crippen molar-refractivity contribution in [2.24, 2.45) is 4.99 Å². The van der Waals surface area contributed by atoms with E-state index < -0.39 is 0 Å². The van der Waals surface area contributed by atoms with Gasteiger partial charge in [0, 0.05) is 33.4 Å². The number of nitrogens with one attached hydrogen (secondary N) is 1. The van der Waals surface area contributed by atoms with Gasteiger partial charge in [0.25, 0.3) is 0 Å². The average molecular weight is 553 g/mol. The van der Waals surface area contributed by atoms with E-state index in [4.69, 9.17) is 19.2 Å². The maximum atomic E-state index is 6.06. The average Bonchev–Trinajstić information content (AvgIpc) is 2.82. The lowest BCUT2D eigenvalue weighted by Crippen LogP contribution is -2.38. The van der Waals surface area contributed by atoms with E-state index in [0.717, 1.165) is 50.9 Å². The SMILES string of the molecule is CCNC(=NCc1cccc(COC2CCOCC2)c1)N(C)Cc1ccc(OC)cc1.I. The Bertz CT molecular complexity index is 823. The number of methoxy groups -OCH3 is 1. The second-order valence-electron chi connectivity index (χ2n) is 7.82. The van der Waals surface area contributed by atoms with Crippen LogP contribution in [0.15, 0.2) is 53.5 Å². The summed E-state index contributed by atoms with van der Waals surface area (Å²) >= 11 is 0. The normalized spacial score (nSPS) is 14.5. The molecular weight excluding hydrogens is 517 g/mol. The fourth-order valence-electron chi connectivity index (χ4n) is 3.59. The summed E-state index contributed by atoms with van der Waals surface area (Å²) in [4.78, 5) is 7.00. The highest BCUT2D eigenvalue weighted by molar-refractivity contribution is 14.0. The van der Waals surface area contributed by atoms with Gasteiger partial charge in [-0.25, -0.2) is 4.99 Å². The Hall–Kier alpha value is -1.84. The smallest absolute Gasteiger partial charge is 0.194 e. The largest absolute Gasteiger partial charge is 0.497 e. The molecule has 1 heterocycles. The van der Waals surface area contributed by atoms with Crippen LogP contribution in [0.5, 0.6) is 5.75 Å². The van der Waals surface area contributed by atoms with Crippen molar-refractivity contribution in [2.45, 2.75) is 45.6 Å². The Kier molecular flexibility index (Phi) is 11.8. The number of halogens is 1. The van der Waals surface area contributed by atoms with Gasteiger partial charge in [0.05, 0.1) is 26.4 Å². The van der Waals surface area contributed by atoms with Gasteiger partial charge in [0.2, 0.25) is 0 Å². The fraction of sp³-hybridized carbons (Fsp3) is 0.480. The van der Waals surface area contributed by atoms with Crippen LogP contribution in [0.2, 0.25) is 0 Å². The van der Waals surface area contributed by atoms with E-state index in [0.29, 0.717) is 19.3 Å². The molecule has 1 N–H and O–H groups in total. The quantitative estimate of drug-likeness (QED) is 0.280. The molecule has 0 spiro atoms. The summed E-state index contributed by atoms with van der Waals surface area (Å²) in [6, 6.07) is 16.7. The van der Waals surface area contributed by atoms with Gasteiger partial charge in [0.1, 0.15) is 5.75 Å². The van der Waals surface area contributed by atoms with Crippen molar-refractivity contribution >= 4 is 29.9 Å². The zero-order valence-corrected chi connectivity index (χ0v) is 21.7. The van der Waals surface area contributed by atoms with Crippen LogP contribution in [0.3, 0.4) is 0 Å². The van der Waals surface area contributed by atoms with Gasteiger partial charge < -0.3 is 24.4 Å². The fourth-order valence-corrected chi connectivity index (χ4v) is 3.59. The Labute approximate surface area is 209 Å². The van der Waals surface area contributed by atoms with Crippen molar-refractivity contribution in [1.29, 1.82) is 0 Å². The molecule has 1 aliphatic rings. The minimum Gasteiger partial charge on any atom is -0.497 e. The Morgan fingerprint density at radius 3 is 2.50 bits per heavy atom. The Morgan fingerprint density at radius 1 is 1.09 bits per heavy atom. The third-order valence-corrected chi connectivity index (χ3v) is 5.33. The van der Waals surface area contributed by atoms with Gasteiger partial charge in [-0.05, 0) is 48.6 Å². The topological polar surface area (TPSA) is 55.3 Å². The zero-order chi connectivity index (χ0) is 21.9. The molecule has 0 atom stereocenters. The maximum absolute atomic E-state index is 6.06. The number of ether oxygens (including phenoxy) is 3. The molecule has 0 aromatic heterocycles. The second-order valence-corrected chi connectivity index (χ2v) is 7.82. The monoisotopic (exact) mass is 553 g/mol. The van der Waals surface area contributed by atoms with Crippen molar-refractivity contribution in [3.05, 3.63) is 65.2 Å². The molecule has 0 amide bonds. The highest BCUT2D eigenvalue weighted by Crippen LogP contribution is 2.15. The third kappa shape index (κ3) is 8.60. The van der Waals surface area contributed by atoms with E-state index >= 15 is 0 Å². The van der Waals surface area contributed by atoms with Crippen LogP contribution in [0.4, 0.5) is 0 Å². The molecule has 6 nitrogen and oxygen atoms in total. The van der Waals surface area contributed by atoms with Crippen molar-refractivity contribution in [3.8, 4) is 5.75 Å². The van der Waals surface area contributed by atoms with Crippen LogP contribution in [-0.4, -0.2) is 50.9 Å². The van der Waals surface area contributed by atoms with E-state index in [2.05, 4.69) is 60.6 Å². The summed E-state index contributed by atoms with van der Waals surface area (Å²) in [6.07, 6.45) is 2.27. The van der Waals surface area contributed by atoms with Gasteiger partial charge in [-0.1, -0.05) is 36.4 Å². The molecule has 0 aliphatic carbocycles. The molecule has 176 valence electrons. The van der Waals surface area contributed by atoms with Crippen molar-refractivity contribution < 1.29 is 14.2 Å². The second kappa shape index (κ2) is 14.3. The number of rotatable bonds is 9. The molecule has 0 unspecified atom stereocenters. The predicted molar refractivity (Wildman–Crippen MR) is 140 cm³/mol. The van der Waals surface area contributed by atoms with E-state index in [-0.39, 0.29) is 24.0 Å². The number of nitrogens with zero attached hydrogens (tertiary/aromatic N) is 2. The van der Waals surface area contributed by atoms with Crippen molar-refractivity contribution in [2.75, 3.05) is 33.9 Å². The van der Waals surface area contributed by atoms with Gasteiger partial charge in [-0.15, -0.1) is 24.0 Å². The Morgan fingerprint density at radius 2 is 1.81 bits per heavy atom. The first-order valence-electron chi connectivity index (χ1n) is 11.1. The van der Waals surface area contributed by atoms with Crippen molar-refractivity contribution in [1.82, 2.24) is 10.2 Å². The molecule has 2 aromatic rings. The van der Waals surface area contributed by atoms with E-state index in [1.54, 1.807) is 7.11 Å². The molecule has 0 bridgehead atoms. The lowest BCUT2D eigenvalue weighted by molar-refractivity contribution is -0.0390. The molecule has 1 aliphatic heterocycles. The number of aliphatic imine (C=N–C) groups is 1. The summed E-state index contributed by atoms with van der Waals surface area (Å²) in [6.45, 7) is 6.55. The van der Waals surface area contributed by atoms with Crippen LogP contribution in [0.25, 0.3) is 0 Å². The first-order chi connectivity index (χ1) is 15.2. The highest BCUT2D eigenvalue weighted by Gasteiger charge is 2.14. The molecular formula is C25H36IN3O3. The molecule has 1 fully saturated rings. The summed E-state index contributed by atoms with van der Waals surface area (Å²) in [5.74, 6) is 1.76. The first-order valence-corrected chi connectivity index (χ1v) is 11.1. The van der Waals surface area contributed by atoms with Crippen molar-refractivity contribution in [3.63, 3.8) is 0 Å². The maximum Gasteiger partial charge on any atom is 0.194 e. The van der Waals surface area contributed by atoms with Gasteiger partial charge in [0.15, 0.2) is 5.96 Å². The molecule has 1 saturated heterocycles. The van der Waals surface area contributed by atoms with Gasteiger partial charge in [-0.3, -0.25) is 0 Å². The minimum atomic E-state index is 0. The summed E-state index contributed by atoms with van der Waals surface area (Å²) in [7, 11) is 3.74. The summed E-state index contributed by atoms with van der Waals surface area (Å²) < 4.78 is 16.7. The summed E-state index contributed by atoms with van der Waals surface area (Å²) in [5, 5.41) is 3.39.